The molecule has 0 saturated carbocycles. The highest BCUT2D eigenvalue weighted by Crippen LogP contribution is 2.33. The number of Topliss-reactive ketones (excluding diaryl/α,β-unsaturated/α-hetero) is 1. The molecule has 1 N–H and O–H groups in total. The normalized spacial score (nSPS) is 9.94. The van der Waals surface area contributed by atoms with Crippen molar-refractivity contribution in [2.24, 2.45) is 0 Å². The van der Waals surface area contributed by atoms with Crippen molar-refractivity contribution in [3.63, 3.8) is 0 Å². The first-order valence-corrected chi connectivity index (χ1v) is 5.24. The van der Waals surface area contributed by atoms with Gasteiger partial charge in [-0.15, -0.1) is 0 Å². The maximum absolute atomic E-state index is 11.3. The average molecular weight is 228 g/mol. The molecule has 0 atom stereocenters. The maximum atomic E-state index is 11.3. The van der Waals surface area contributed by atoms with E-state index in [-0.39, 0.29) is 22.8 Å². The molecule has 0 aliphatic rings. The zero-order valence-corrected chi connectivity index (χ0v) is 9.38. The summed E-state index contributed by atoms with van der Waals surface area (Å²) in [5.74, 6) is 0.581. The van der Waals surface area contributed by atoms with Crippen LogP contribution in [0.4, 0.5) is 0 Å². The molecule has 86 valence electrons. The van der Waals surface area contributed by atoms with Gasteiger partial charge in [-0.05, 0) is 31.2 Å². The third-order valence-corrected chi connectivity index (χ3v) is 2.35. The van der Waals surface area contributed by atoms with Gasteiger partial charge in [0.15, 0.2) is 17.3 Å². The van der Waals surface area contributed by atoms with Crippen LogP contribution in [0.15, 0.2) is 48.5 Å². The van der Waals surface area contributed by atoms with Gasteiger partial charge in [-0.3, -0.25) is 4.79 Å². The third-order valence-electron chi connectivity index (χ3n) is 2.35. The fourth-order valence-corrected chi connectivity index (χ4v) is 1.50. The molecule has 0 bridgehead atoms. The van der Waals surface area contributed by atoms with E-state index in [0.29, 0.717) is 5.75 Å². The summed E-state index contributed by atoms with van der Waals surface area (Å²) in [5.41, 5.74) is 0.262. The SMILES string of the molecule is CC(=O)c1cccc(Oc2ccccc2)c1O. The Labute approximate surface area is 99.3 Å². The van der Waals surface area contributed by atoms with E-state index in [0.717, 1.165) is 0 Å². The highest BCUT2D eigenvalue weighted by molar-refractivity contribution is 5.97. The van der Waals surface area contributed by atoms with Crippen molar-refractivity contribution in [1.82, 2.24) is 0 Å². The van der Waals surface area contributed by atoms with Gasteiger partial charge in [0.2, 0.25) is 0 Å². The largest absolute Gasteiger partial charge is 0.504 e. The second kappa shape index (κ2) is 4.70. The Bertz CT molecular complexity index is 532. The van der Waals surface area contributed by atoms with Gasteiger partial charge in [0.05, 0.1) is 5.56 Å². The number of para-hydroxylation sites is 2. The van der Waals surface area contributed by atoms with Crippen LogP contribution < -0.4 is 4.74 Å². The van der Waals surface area contributed by atoms with Crippen molar-refractivity contribution in [2.75, 3.05) is 0 Å². The van der Waals surface area contributed by atoms with E-state index in [1.54, 1.807) is 30.3 Å². The summed E-state index contributed by atoms with van der Waals surface area (Å²) in [6.45, 7) is 1.40. The molecule has 3 nitrogen and oxygen atoms in total. The first kappa shape index (κ1) is 11.2. The number of carbonyl (C=O) groups excluding carboxylic acids is 1. The Morgan fingerprint density at radius 3 is 2.41 bits per heavy atom. The Morgan fingerprint density at radius 2 is 1.76 bits per heavy atom. The molecule has 0 fully saturated rings. The van der Waals surface area contributed by atoms with Crippen molar-refractivity contribution in [1.29, 1.82) is 0 Å². The summed E-state index contributed by atoms with van der Waals surface area (Å²) in [5, 5.41) is 9.87. The van der Waals surface area contributed by atoms with E-state index in [1.165, 1.54) is 6.92 Å². The molecule has 3 heteroatoms. The zero-order valence-electron chi connectivity index (χ0n) is 9.38. The summed E-state index contributed by atoms with van der Waals surface area (Å²) in [6.07, 6.45) is 0. The van der Waals surface area contributed by atoms with E-state index in [2.05, 4.69) is 0 Å². The molecule has 17 heavy (non-hydrogen) atoms. The standard InChI is InChI=1S/C14H12O3/c1-10(15)12-8-5-9-13(14(12)16)17-11-6-3-2-4-7-11/h2-9,16H,1H3. The molecule has 2 aromatic carbocycles. The summed E-state index contributed by atoms with van der Waals surface area (Å²) in [7, 11) is 0. The molecule has 2 aromatic rings. The van der Waals surface area contributed by atoms with E-state index in [4.69, 9.17) is 4.74 Å². The number of phenolic OH excluding ortho intramolecular Hbond substituents is 1. The topological polar surface area (TPSA) is 46.5 Å². The lowest BCUT2D eigenvalue weighted by Crippen LogP contribution is -1.94. The highest BCUT2D eigenvalue weighted by Gasteiger charge is 2.11. The fourth-order valence-electron chi connectivity index (χ4n) is 1.50. The van der Waals surface area contributed by atoms with Gasteiger partial charge in [-0.1, -0.05) is 24.3 Å². The molecule has 0 saturated heterocycles. The summed E-state index contributed by atoms with van der Waals surface area (Å²) >= 11 is 0. The van der Waals surface area contributed by atoms with Crippen molar-refractivity contribution in [2.45, 2.75) is 6.92 Å². The second-order valence-corrected chi connectivity index (χ2v) is 3.62. The first-order valence-electron chi connectivity index (χ1n) is 5.24. The van der Waals surface area contributed by atoms with Gasteiger partial charge in [0.1, 0.15) is 5.75 Å². The van der Waals surface area contributed by atoms with Crippen LogP contribution in [-0.2, 0) is 0 Å². The van der Waals surface area contributed by atoms with Crippen LogP contribution in [0.2, 0.25) is 0 Å². The molecule has 0 radical (unpaired) electrons. The molecule has 0 aliphatic carbocycles. The fraction of sp³-hybridized carbons (Fsp3) is 0.0714. The van der Waals surface area contributed by atoms with Crippen molar-refractivity contribution >= 4 is 5.78 Å². The van der Waals surface area contributed by atoms with E-state index < -0.39 is 0 Å². The number of rotatable bonds is 3. The number of carbonyl (C=O) groups is 1. The average Bonchev–Trinajstić information content (AvgIpc) is 2.33. The summed E-state index contributed by atoms with van der Waals surface area (Å²) in [6, 6.07) is 14.0. The van der Waals surface area contributed by atoms with Crippen LogP contribution in [0.1, 0.15) is 17.3 Å². The van der Waals surface area contributed by atoms with Crippen molar-refractivity contribution in [3.05, 3.63) is 54.1 Å². The van der Waals surface area contributed by atoms with Gasteiger partial charge < -0.3 is 9.84 Å². The smallest absolute Gasteiger partial charge is 0.169 e. The Hall–Kier alpha value is -2.29. The summed E-state index contributed by atoms with van der Waals surface area (Å²) in [4.78, 5) is 11.3. The van der Waals surface area contributed by atoms with Gasteiger partial charge in [0, 0.05) is 0 Å². The zero-order chi connectivity index (χ0) is 12.3. The molecule has 0 unspecified atom stereocenters. The second-order valence-electron chi connectivity index (χ2n) is 3.62. The minimum Gasteiger partial charge on any atom is -0.504 e. The lowest BCUT2D eigenvalue weighted by Gasteiger charge is -2.09. The molecule has 0 aliphatic heterocycles. The summed E-state index contributed by atoms with van der Waals surface area (Å²) < 4.78 is 5.50. The van der Waals surface area contributed by atoms with Gasteiger partial charge in [-0.25, -0.2) is 0 Å². The van der Waals surface area contributed by atoms with Gasteiger partial charge in [0.25, 0.3) is 0 Å². The number of benzene rings is 2. The Balaban J connectivity index is 2.34. The Kier molecular flexibility index (Phi) is 3.10. The minimum atomic E-state index is -0.194. The van der Waals surface area contributed by atoms with Crippen LogP contribution in [-0.4, -0.2) is 10.9 Å². The van der Waals surface area contributed by atoms with E-state index >= 15 is 0 Å². The predicted octanol–water partition coefficient (Wildman–Crippen LogP) is 3.39. The quantitative estimate of drug-likeness (QED) is 0.819. The molecule has 0 heterocycles. The highest BCUT2D eigenvalue weighted by atomic mass is 16.5. The van der Waals surface area contributed by atoms with Crippen LogP contribution in [0, 0.1) is 0 Å². The third kappa shape index (κ3) is 2.45. The van der Waals surface area contributed by atoms with Crippen LogP contribution in [0.25, 0.3) is 0 Å². The lowest BCUT2D eigenvalue weighted by molar-refractivity contribution is 0.101. The first-order chi connectivity index (χ1) is 8.18. The Morgan fingerprint density at radius 1 is 1.06 bits per heavy atom. The van der Waals surface area contributed by atoms with Gasteiger partial charge in [-0.2, -0.15) is 0 Å². The minimum absolute atomic E-state index is 0.121. The molecular formula is C14H12O3. The lowest BCUT2D eigenvalue weighted by atomic mass is 10.1. The number of hydrogen-bond donors (Lipinski definition) is 1. The number of hydrogen-bond acceptors (Lipinski definition) is 3. The molecule has 0 spiro atoms. The maximum Gasteiger partial charge on any atom is 0.169 e. The van der Waals surface area contributed by atoms with Crippen LogP contribution >= 0.6 is 0 Å². The number of aromatic hydroxyl groups is 1. The van der Waals surface area contributed by atoms with Crippen LogP contribution in [0.3, 0.4) is 0 Å². The number of ketones is 1. The number of phenols is 1. The number of ether oxygens (including phenoxy) is 1. The van der Waals surface area contributed by atoms with E-state index in [9.17, 15) is 9.90 Å². The van der Waals surface area contributed by atoms with E-state index in [1.807, 2.05) is 18.2 Å². The van der Waals surface area contributed by atoms with Crippen molar-refractivity contribution < 1.29 is 14.6 Å². The molecule has 0 amide bonds. The molecule has 2 rings (SSSR count). The van der Waals surface area contributed by atoms with Crippen molar-refractivity contribution in [3.8, 4) is 17.2 Å². The van der Waals surface area contributed by atoms with Gasteiger partial charge >= 0.3 is 0 Å². The monoisotopic (exact) mass is 228 g/mol. The molecular weight excluding hydrogens is 216 g/mol. The predicted molar refractivity (Wildman–Crippen MR) is 64.6 cm³/mol. The van der Waals surface area contributed by atoms with Crippen LogP contribution in [0.5, 0.6) is 17.2 Å². The molecule has 0 aromatic heterocycles.